The smallest absolute Gasteiger partial charge is 0.262 e. The van der Waals surface area contributed by atoms with Crippen LogP contribution in [0.2, 0.25) is 0 Å². The van der Waals surface area contributed by atoms with Gasteiger partial charge in [-0.05, 0) is 78.8 Å². The molecule has 5 aliphatic rings. The average Bonchev–Trinajstić information content (AvgIpc) is 3.12. The van der Waals surface area contributed by atoms with Crippen molar-refractivity contribution in [2.24, 2.45) is 34.5 Å². The van der Waals surface area contributed by atoms with Gasteiger partial charge in [0, 0.05) is 5.92 Å². The van der Waals surface area contributed by atoms with Crippen molar-refractivity contribution in [2.45, 2.75) is 71.6 Å². The molecule has 0 amide bonds. The third-order valence-electron chi connectivity index (χ3n) is 10.2. The Balaban J connectivity index is 1.43. The van der Waals surface area contributed by atoms with Gasteiger partial charge >= 0.3 is 0 Å². The van der Waals surface area contributed by atoms with Gasteiger partial charge in [-0.15, -0.1) is 0 Å². The highest BCUT2D eigenvalue weighted by Crippen LogP contribution is 2.72. The number of carbonyl (C=O) groups excluding carboxylic acids is 1. The first-order chi connectivity index (χ1) is 17.4. The van der Waals surface area contributed by atoms with Crippen molar-refractivity contribution in [1.29, 1.82) is 0 Å². The minimum Gasteiger partial charge on any atom is -0.464 e. The van der Waals surface area contributed by atoms with Crippen molar-refractivity contribution in [1.82, 2.24) is 5.16 Å². The molecule has 1 aliphatic heterocycles. The highest BCUT2D eigenvalue weighted by atomic mass is 16.7. The Bertz CT molecular complexity index is 1390. The molecule has 37 heavy (non-hydrogen) atoms. The molecule has 4 aliphatic carbocycles. The Hall–Kier alpha value is -2.48. The van der Waals surface area contributed by atoms with E-state index in [2.05, 4.69) is 32.0 Å². The van der Waals surface area contributed by atoms with Crippen LogP contribution in [0.4, 0.5) is 0 Å². The van der Waals surface area contributed by atoms with Crippen LogP contribution < -0.4 is 4.74 Å². The summed E-state index contributed by atoms with van der Waals surface area (Å²) in [6.07, 6.45) is 3.30. The summed E-state index contributed by atoms with van der Waals surface area (Å²) in [5, 5.41) is 18.1. The summed E-state index contributed by atoms with van der Waals surface area (Å²) in [5.41, 5.74) is -0.544. The number of rotatable bonds is 2. The van der Waals surface area contributed by atoms with Gasteiger partial charge in [0.05, 0.1) is 17.4 Å². The summed E-state index contributed by atoms with van der Waals surface area (Å²) in [4.78, 5) is 14.8. The molecular weight excluding hydrogens is 470 g/mol. The number of para-hydroxylation sites is 1. The van der Waals surface area contributed by atoms with E-state index in [-0.39, 0.29) is 29.0 Å². The Kier molecular flexibility index (Phi) is 4.55. The molecular formula is C30H35NO6. The van der Waals surface area contributed by atoms with Crippen molar-refractivity contribution in [3.05, 3.63) is 47.6 Å². The fourth-order valence-corrected chi connectivity index (χ4v) is 8.36. The average molecular weight is 506 g/mol. The summed E-state index contributed by atoms with van der Waals surface area (Å²) >= 11 is 0. The molecule has 1 unspecified atom stereocenters. The standard InChI is InChI=1S/C30H35NO6/c1-15-13-29-16(2)11-20-22(27(20,3)4)19(23(29)32)12-17-14-34-28(5,6)36-25(17)30(29,33)24(15)35-26-18-9-7-8-10-21(18)37-31-26/h7-10,12-13,16,19-20,22,24-25,33H,11,14H2,1-6H3/t16-,19+,20-,22?,24+,25-,29+,30-/m1/s1. The summed E-state index contributed by atoms with van der Waals surface area (Å²) in [6, 6.07) is 7.48. The van der Waals surface area contributed by atoms with Gasteiger partial charge in [-0.3, -0.25) is 4.79 Å². The lowest BCUT2D eigenvalue weighted by Gasteiger charge is -2.52. The lowest BCUT2D eigenvalue weighted by atomic mass is 9.59. The predicted octanol–water partition coefficient (Wildman–Crippen LogP) is 4.84. The minimum absolute atomic E-state index is 0.0688. The number of hydrogen-bond acceptors (Lipinski definition) is 7. The lowest BCUT2D eigenvalue weighted by Crippen LogP contribution is -2.68. The lowest BCUT2D eigenvalue weighted by molar-refractivity contribution is -0.301. The zero-order valence-electron chi connectivity index (χ0n) is 22.3. The van der Waals surface area contributed by atoms with E-state index in [0.717, 1.165) is 23.0 Å². The highest BCUT2D eigenvalue weighted by molar-refractivity contribution is 5.95. The molecule has 2 bridgehead atoms. The van der Waals surface area contributed by atoms with E-state index in [1.165, 1.54) is 0 Å². The molecule has 1 saturated heterocycles. The first kappa shape index (κ1) is 23.6. The highest BCUT2D eigenvalue weighted by Gasteiger charge is 2.77. The Labute approximate surface area is 216 Å². The van der Waals surface area contributed by atoms with Crippen LogP contribution in [0.5, 0.6) is 5.88 Å². The number of hydrogen-bond donors (Lipinski definition) is 1. The molecule has 7 heteroatoms. The van der Waals surface area contributed by atoms with Gasteiger partial charge in [-0.1, -0.05) is 45.1 Å². The van der Waals surface area contributed by atoms with Gasteiger partial charge < -0.3 is 23.8 Å². The van der Waals surface area contributed by atoms with Crippen molar-refractivity contribution < 1.29 is 28.6 Å². The number of carbonyl (C=O) groups is 1. The second-order valence-electron chi connectivity index (χ2n) is 13.0. The maximum Gasteiger partial charge on any atom is 0.262 e. The first-order valence-electron chi connectivity index (χ1n) is 13.4. The number of ether oxygens (including phenoxy) is 3. The third-order valence-corrected chi connectivity index (χ3v) is 10.2. The monoisotopic (exact) mass is 505 g/mol. The predicted molar refractivity (Wildman–Crippen MR) is 136 cm³/mol. The second-order valence-corrected chi connectivity index (χ2v) is 13.0. The fraction of sp³-hybridized carbons (Fsp3) is 0.600. The van der Waals surface area contributed by atoms with Crippen LogP contribution in [0.1, 0.15) is 48.0 Å². The molecule has 1 aromatic carbocycles. The SMILES string of the molecule is CC1=C[C@]23C(=O)[C@@H](C=C4COC(C)(C)O[C@H]4[C@]2(O)[C@H]1Oc1noc2ccccc12)C1[C@@H](C[C@H]3C)C1(C)C. The Morgan fingerprint density at radius 2 is 1.92 bits per heavy atom. The van der Waals surface area contributed by atoms with Crippen molar-refractivity contribution in [2.75, 3.05) is 6.61 Å². The van der Waals surface area contributed by atoms with Crippen LogP contribution >= 0.6 is 0 Å². The van der Waals surface area contributed by atoms with Gasteiger partial charge in [0.25, 0.3) is 5.88 Å². The molecule has 1 aromatic heterocycles. The van der Waals surface area contributed by atoms with E-state index in [1.54, 1.807) is 0 Å². The number of ketones is 1. The Morgan fingerprint density at radius 3 is 2.70 bits per heavy atom. The number of benzene rings is 1. The van der Waals surface area contributed by atoms with E-state index in [0.29, 0.717) is 24.0 Å². The summed E-state index contributed by atoms with van der Waals surface area (Å²) in [6.45, 7) is 12.6. The molecule has 7 nitrogen and oxygen atoms in total. The molecule has 0 radical (unpaired) electrons. The first-order valence-corrected chi connectivity index (χ1v) is 13.4. The van der Waals surface area contributed by atoms with E-state index < -0.39 is 29.0 Å². The normalized spacial score (nSPS) is 43.1. The van der Waals surface area contributed by atoms with Gasteiger partial charge in [-0.2, -0.15) is 0 Å². The fourth-order valence-electron chi connectivity index (χ4n) is 8.36. The number of aromatic nitrogens is 1. The van der Waals surface area contributed by atoms with Crippen LogP contribution in [0.15, 0.2) is 52.1 Å². The molecule has 196 valence electrons. The van der Waals surface area contributed by atoms with Gasteiger partial charge in [0.1, 0.15) is 6.10 Å². The molecule has 2 aromatic rings. The zero-order valence-corrected chi connectivity index (χ0v) is 22.3. The van der Waals surface area contributed by atoms with E-state index in [1.807, 2.05) is 51.1 Å². The molecule has 1 N–H and O–H groups in total. The van der Waals surface area contributed by atoms with Crippen molar-refractivity contribution in [3.63, 3.8) is 0 Å². The zero-order chi connectivity index (χ0) is 26.1. The van der Waals surface area contributed by atoms with E-state index >= 15 is 0 Å². The molecule has 2 heterocycles. The van der Waals surface area contributed by atoms with Gasteiger partial charge in [0.2, 0.25) is 0 Å². The van der Waals surface area contributed by atoms with Gasteiger partial charge in [-0.25, -0.2) is 0 Å². The van der Waals surface area contributed by atoms with E-state index in [9.17, 15) is 9.90 Å². The molecule has 3 fully saturated rings. The third kappa shape index (κ3) is 2.83. The quantitative estimate of drug-likeness (QED) is 0.584. The van der Waals surface area contributed by atoms with Crippen molar-refractivity contribution >= 4 is 16.8 Å². The summed E-state index contributed by atoms with van der Waals surface area (Å²) < 4.78 is 24.7. The number of allylic oxidation sites excluding steroid dienone is 1. The molecule has 1 spiro atoms. The minimum atomic E-state index is -1.68. The maximum absolute atomic E-state index is 14.8. The van der Waals surface area contributed by atoms with Gasteiger partial charge in [0.15, 0.2) is 28.9 Å². The van der Waals surface area contributed by atoms with Crippen LogP contribution in [-0.4, -0.2) is 46.2 Å². The summed E-state index contributed by atoms with van der Waals surface area (Å²) in [5.74, 6) is -0.315. The van der Waals surface area contributed by atoms with Crippen LogP contribution in [-0.2, 0) is 14.3 Å². The topological polar surface area (TPSA) is 91.0 Å². The number of Topliss-reactive ketones (excluding diaryl/α,β-unsaturated/α-hetero) is 1. The number of aliphatic hydroxyl groups is 1. The van der Waals surface area contributed by atoms with Crippen LogP contribution in [0.3, 0.4) is 0 Å². The molecule has 2 saturated carbocycles. The van der Waals surface area contributed by atoms with Crippen molar-refractivity contribution in [3.8, 4) is 5.88 Å². The molecule has 8 atom stereocenters. The second kappa shape index (κ2) is 7.13. The maximum atomic E-state index is 14.8. The molecule has 7 rings (SSSR count). The van der Waals surface area contributed by atoms with Crippen LogP contribution in [0, 0.1) is 34.5 Å². The summed E-state index contributed by atoms with van der Waals surface area (Å²) in [7, 11) is 0. The number of fused-ring (bicyclic) bond motifs is 6. The largest absolute Gasteiger partial charge is 0.464 e. The van der Waals surface area contributed by atoms with E-state index in [4.69, 9.17) is 18.7 Å². The number of nitrogens with zero attached hydrogens (tertiary/aromatic N) is 1. The Morgan fingerprint density at radius 1 is 1.16 bits per heavy atom. The van der Waals surface area contributed by atoms with Crippen LogP contribution in [0.25, 0.3) is 11.0 Å².